The molecule has 26 heavy (non-hydrogen) atoms. The predicted molar refractivity (Wildman–Crippen MR) is 98.8 cm³/mol. The molecule has 0 spiro atoms. The maximum Gasteiger partial charge on any atom is 0.410 e. The third-order valence-corrected chi connectivity index (χ3v) is 4.65. The lowest BCUT2D eigenvalue weighted by atomic mass is 10.2. The Kier molecular flexibility index (Phi) is 5.03. The lowest BCUT2D eigenvalue weighted by Gasteiger charge is -2.27. The van der Waals surface area contributed by atoms with Gasteiger partial charge < -0.3 is 25.1 Å². The van der Waals surface area contributed by atoms with Gasteiger partial charge in [0.1, 0.15) is 11.8 Å². The fourth-order valence-corrected chi connectivity index (χ4v) is 3.36. The smallest absolute Gasteiger partial charge is 0.410 e. The Bertz CT molecular complexity index is 805. The molecule has 0 aromatic carbocycles. The Morgan fingerprint density at radius 2 is 2.27 bits per heavy atom. The number of carbonyl (C=O) groups is 1. The molecule has 0 unspecified atom stereocenters. The van der Waals surface area contributed by atoms with Crippen LogP contribution in [0.3, 0.4) is 0 Å². The van der Waals surface area contributed by atoms with E-state index >= 15 is 0 Å². The minimum atomic E-state index is -0.523. The number of nitro groups is 1. The van der Waals surface area contributed by atoms with Crippen molar-refractivity contribution in [3.8, 4) is 0 Å². The van der Waals surface area contributed by atoms with Crippen LogP contribution in [0.5, 0.6) is 0 Å². The van der Waals surface area contributed by atoms with Crippen molar-refractivity contribution >= 4 is 34.0 Å². The van der Waals surface area contributed by atoms with E-state index in [2.05, 4.69) is 10.3 Å². The quantitative estimate of drug-likeness (QED) is 0.447. The van der Waals surface area contributed by atoms with Gasteiger partial charge in [0, 0.05) is 24.5 Å². The molecule has 1 fully saturated rings. The molecule has 2 heterocycles. The number of hydrogen-bond donors (Lipinski definition) is 1. The number of anilines is 1. The van der Waals surface area contributed by atoms with Crippen molar-refractivity contribution in [3.05, 3.63) is 21.7 Å². The second-order valence-electron chi connectivity index (χ2n) is 7.28. The maximum absolute atomic E-state index is 12.3. The molecule has 2 aromatic heterocycles. The van der Waals surface area contributed by atoms with E-state index < -0.39 is 10.5 Å². The minimum Gasteiger partial charge on any atom is -0.444 e. The van der Waals surface area contributed by atoms with Gasteiger partial charge in [-0.25, -0.2) is 4.79 Å². The predicted octanol–water partition coefficient (Wildman–Crippen LogP) is 3.51. The Morgan fingerprint density at radius 3 is 2.88 bits per heavy atom. The Morgan fingerprint density at radius 1 is 1.54 bits per heavy atom. The zero-order chi connectivity index (χ0) is 18.9. The summed E-state index contributed by atoms with van der Waals surface area (Å²) in [7, 11) is 0. The monoisotopic (exact) mass is 381 g/mol. The summed E-state index contributed by atoms with van der Waals surface area (Å²) in [6, 6.07) is 0.247. The van der Waals surface area contributed by atoms with Crippen LogP contribution in [-0.2, 0) is 4.74 Å². The number of rotatable bonds is 7. The zero-order valence-electron chi connectivity index (χ0n) is 15.1. The van der Waals surface area contributed by atoms with Crippen molar-refractivity contribution < 1.29 is 14.5 Å². The summed E-state index contributed by atoms with van der Waals surface area (Å²) in [6.45, 7) is 6.57. The highest BCUT2D eigenvalue weighted by Crippen LogP contribution is 2.29. The number of carbonyl (C=O) groups excluding carboxylic acids is 1. The van der Waals surface area contributed by atoms with Crippen LogP contribution in [-0.4, -0.2) is 50.0 Å². The first-order valence-corrected chi connectivity index (χ1v) is 9.47. The van der Waals surface area contributed by atoms with Gasteiger partial charge in [-0.05, 0) is 45.0 Å². The molecule has 1 aliphatic rings. The molecule has 1 N–H and O–H groups in total. The second kappa shape index (κ2) is 7.10. The summed E-state index contributed by atoms with van der Waals surface area (Å²) >= 11 is 1.34. The molecule has 0 bridgehead atoms. The van der Waals surface area contributed by atoms with Gasteiger partial charge in [-0.3, -0.25) is 0 Å². The molecule has 0 radical (unpaired) electrons. The van der Waals surface area contributed by atoms with Crippen LogP contribution in [0.15, 0.2) is 11.6 Å². The first-order valence-electron chi connectivity index (χ1n) is 8.59. The number of thiazole rings is 1. The van der Waals surface area contributed by atoms with Crippen molar-refractivity contribution in [1.29, 1.82) is 0 Å². The third kappa shape index (κ3) is 4.24. The average molecular weight is 381 g/mol. The molecular weight excluding hydrogens is 358 g/mol. The number of amides is 1. The average Bonchev–Trinajstić information content (AvgIpc) is 3.13. The van der Waals surface area contributed by atoms with Crippen LogP contribution < -0.4 is 5.32 Å². The highest BCUT2D eigenvalue weighted by Gasteiger charge is 2.34. The number of imidazole rings is 1. The van der Waals surface area contributed by atoms with Crippen LogP contribution in [0, 0.1) is 10.1 Å². The molecule has 0 aliphatic heterocycles. The van der Waals surface area contributed by atoms with Gasteiger partial charge in [-0.2, -0.15) is 9.38 Å². The van der Waals surface area contributed by atoms with E-state index in [1.54, 1.807) is 16.5 Å². The summed E-state index contributed by atoms with van der Waals surface area (Å²) in [6.07, 6.45) is 3.98. The number of ether oxygens (including phenoxy) is 1. The van der Waals surface area contributed by atoms with Gasteiger partial charge in [0.15, 0.2) is 0 Å². The van der Waals surface area contributed by atoms with E-state index in [0.717, 1.165) is 12.8 Å². The normalized spacial score (nSPS) is 14.4. The molecule has 0 saturated heterocycles. The van der Waals surface area contributed by atoms with Crippen molar-refractivity contribution in [2.24, 2.45) is 0 Å². The van der Waals surface area contributed by atoms with Crippen LogP contribution in [0.25, 0.3) is 4.96 Å². The van der Waals surface area contributed by atoms with Gasteiger partial charge in [0.2, 0.25) is 5.82 Å². The van der Waals surface area contributed by atoms with E-state index in [1.807, 2.05) is 20.8 Å². The van der Waals surface area contributed by atoms with Gasteiger partial charge in [0.05, 0.1) is 0 Å². The van der Waals surface area contributed by atoms with Crippen molar-refractivity contribution in [3.63, 3.8) is 0 Å². The standard InChI is InChI=1S/C16H23N5O4S/c1-16(2,3)25-15(22)19(11-5-6-11)8-4-7-17-12-13(21(23)24)20-9-10-26-14(20)18-12/h9-11,17H,4-8H2,1-3H3. The van der Waals surface area contributed by atoms with Crippen molar-refractivity contribution in [2.45, 2.75) is 51.7 Å². The summed E-state index contributed by atoms with van der Waals surface area (Å²) in [4.78, 5) is 29.8. The maximum atomic E-state index is 12.3. The molecule has 1 aliphatic carbocycles. The summed E-state index contributed by atoms with van der Waals surface area (Å²) < 4.78 is 6.92. The molecule has 10 heteroatoms. The van der Waals surface area contributed by atoms with Gasteiger partial charge in [-0.1, -0.05) is 11.3 Å². The summed E-state index contributed by atoms with van der Waals surface area (Å²) in [5.74, 6) is 0.199. The lowest BCUT2D eigenvalue weighted by Crippen LogP contribution is -2.39. The summed E-state index contributed by atoms with van der Waals surface area (Å²) in [5, 5.41) is 16.1. The highest BCUT2D eigenvalue weighted by molar-refractivity contribution is 7.15. The Balaban J connectivity index is 1.56. The van der Waals surface area contributed by atoms with E-state index in [0.29, 0.717) is 24.5 Å². The minimum absolute atomic E-state index is 0.0626. The van der Waals surface area contributed by atoms with E-state index in [1.165, 1.54) is 15.7 Å². The molecule has 9 nitrogen and oxygen atoms in total. The van der Waals surface area contributed by atoms with Crippen molar-refractivity contribution in [2.75, 3.05) is 18.4 Å². The molecule has 142 valence electrons. The van der Waals surface area contributed by atoms with Crippen LogP contribution in [0.4, 0.5) is 16.4 Å². The van der Waals surface area contributed by atoms with E-state index in [-0.39, 0.29) is 23.8 Å². The number of aromatic nitrogens is 2. The van der Waals surface area contributed by atoms with E-state index in [9.17, 15) is 14.9 Å². The first kappa shape index (κ1) is 18.4. The zero-order valence-corrected chi connectivity index (χ0v) is 15.9. The van der Waals surface area contributed by atoms with Crippen LogP contribution in [0.1, 0.15) is 40.0 Å². The van der Waals surface area contributed by atoms with Crippen LogP contribution in [0.2, 0.25) is 0 Å². The number of hydrogen-bond acceptors (Lipinski definition) is 7. The van der Waals surface area contributed by atoms with E-state index in [4.69, 9.17) is 4.74 Å². The second-order valence-corrected chi connectivity index (χ2v) is 8.15. The van der Waals surface area contributed by atoms with Crippen LogP contribution >= 0.6 is 11.3 Å². The Labute approximate surface area is 155 Å². The number of nitrogens with zero attached hydrogens (tertiary/aromatic N) is 4. The molecule has 1 amide bonds. The molecule has 0 atom stereocenters. The lowest BCUT2D eigenvalue weighted by molar-refractivity contribution is -0.389. The molecule has 2 aromatic rings. The molecule has 1 saturated carbocycles. The fraction of sp³-hybridized carbons (Fsp3) is 0.625. The van der Waals surface area contributed by atoms with Crippen molar-refractivity contribution in [1.82, 2.24) is 14.3 Å². The third-order valence-electron chi connectivity index (χ3n) is 3.89. The number of fused-ring (bicyclic) bond motifs is 1. The summed E-state index contributed by atoms with van der Waals surface area (Å²) in [5.41, 5.74) is -0.523. The highest BCUT2D eigenvalue weighted by atomic mass is 32.1. The van der Waals surface area contributed by atoms with Gasteiger partial charge in [-0.15, -0.1) is 0 Å². The fourth-order valence-electron chi connectivity index (χ4n) is 2.65. The topological polar surface area (TPSA) is 102 Å². The molecular formula is C16H23N5O4S. The van der Waals surface area contributed by atoms with Gasteiger partial charge in [0.25, 0.3) is 4.96 Å². The SMILES string of the molecule is CC(C)(C)OC(=O)N(CCCNc1nc2sccn2c1[N+](=O)[O-])C1CC1. The first-order chi connectivity index (χ1) is 12.3. The number of nitrogens with one attached hydrogen (secondary N) is 1. The largest absolute Gasteiger partial charge is 0.444 e. The van der Waals surface area contributed by atoms with Gasteiger partial charge >= 0.3 is 11.9 Å². The molecule has 3 rings (SSSR count). The Hall–Kier alpha value is -2.36.